The van der Waals surface area contributed by atoms with Crippen LogP contribution in [0, 0.1) is 0 Å². The van der Waals surface area contributed by atoms with Crippen LogP contribution in [0.25, 0.3) is 0 Å². The Hall–Kier alpha value is -1.68. The van der Waals surface area contributed by atoms with Gasteiger partial charge in [-0.05, 0) is 0 Å². The summed E-state index contributed by atoms with van der Waals surface area (Å²) in [4.78, 5) is 15.5. The molecule has 1 aromatic heterocycles. The molecule has 0 aliphatic carbocycles. The molecule has 106 valence electrons. The summed E-state index contributed by atoms with van der Waals surface area (Å²) < 4.78 is 6.21. The maximum Gasteiger partial charge on any atom is 0.351 e. The van der Waals surface area contributed by atoms with Gasteiger partial charge in [0.2, 0.25) is 0 Å². The lowest BCUT2D eigenvalue weighted by molar-refractivity contribution is -0.0548. The number of anilines is 2. The topological polar surface area (TPSA) is 143 Å². The monoisotopic (exact) mass is 272 g/mol. The van der Waals surface area contributed by atoms with Crippen molar-refractivity contribution in [3.05, 3.63) is 16.7 Å². The maximum atomic E-state index is 11.8. The zero-order chi connectivity index (χ0) is 14.2. The van der Waals surface area contributed by atoms with Gasteiger partial charge >= 0.3 is 5.69 Å². The largest absolute Gasteiger partial charge is 0.395 e. The molecule has 0 unspecified atom stereocenters. The van der Waals surface area contributed by atoms with Crippen LogP contribution in [0.1, 0.15) is 6.23 Å². The van der Waals surface area contributed by atoms with E-state index in [0.29, 0.717) is 0 Å². The first kappa shape index (κ1) is 13.7. The summed E-state index contributed by atoms with van der Waals surface area (Å²) in [6, 6.07) is 0. The van der Waals surface area contributed by atoms with Gasteiger partial charge in [-0.2, -0.15) is 4.98 Å². The van der Waals surface area contributed by atoms with E-state index < -0.39 is 36.8 Å². The van der Waals surface area contributed by atoms with Crippen LogP contribution in [-0.4, -0.2) is 56.8 Å². The van der Waals surface area contributed by atoms with E-state index in [4.69, 9.17) is 15.6 Å². The molecule has 0 radical (unpaired) electrons. The molecule has 0 bridgehead atoms. The van der Waals surface area contributed by atoms with Gasteiger partial charge in [-0.1, -0.05) is 0 Å². The molecule has 1 saturated heterocycles. The molecule has 0 spiro atoms. The Balaban J connectivity index is 2.38. The zero-order valence-corrected chi connectivity index (χ0v) is 10.2. The number of hydrogen-bond acceptors (Lipinski definition) is 8. The van der Waals surface area contributed by atoms with Crippen LogP contribution < -0.4 is 16.7 Å². The highest BCUT2D eigenvalue weighted by atomic mass is 16.6. The average molecular weight is 272 g/mol. The summed E-state index contributed by atoms with van der Waals surface area (Å²) in [5, 5.41) is 31.1. The zero-order valence-electron chi connectivity index (χ0n) is 10.2. The third kappa shape index (κ3) is 2.28. The van der Waals surface area contributed by atoms with E-state index in [1.165, 1.54) is 6.20 Å². The standard InChI is InChI=1S/C10H16N4O5/c1-12-8-4(11)2-14(10(18)13-8)9-7(17)6(16)5(3-15)19-9/h2,5-7,9,15-17H,3,11H2,1H3,(H,12,13,18)/t5-,6-,7-,9-/m1/s1. The number of aromatic nitrogens is 2. The normalized spacial score (nSPS) is 30.5. The fourth-order valence-electron chi connectivity index (χ4n) is 1.98. The molecule has 4 atom stereocenters. The Morgan fingerprint density at radius 1 is 1.53 bits per heavy atom. The number of hydrogen-bond donors (Lipinski definition) is 5. The predicted octanol–water partition coefficient (Wildman–Crippen LogP) is -2.52. The predicted molar refractivity (Wildman–Crippen MR) is 65.5 cm³/mol. The molecule has 1 aliphatic rings. The van der Waals surface area contributed by atoms with Gasteiger partial charge in [0.05, 0.1) is 12.3 Å². The second-order valence-electron chi connectivity index (χ2n) is 4.21. The summed E-state index contributed by atoms with van der Waals surface area (Å²) in [6.07, 6.45) is -3.47. The minimum absolute atomic E-state index is 0.194. The van der Waals surface area contributed by atoms with Crippen LogP contribution in [0.2, 0.25) is 0 Å². The van der Waals surface area contributed by atoms with E-state index in [9.17, 15) is 15.0 Å². The third-order valence-corrected chi connectivity index (χ3v) is 3.01. The van der Waals surface area contributed by atoms with Gasteiger partial charge in [0, 0.05) is 13.2 Å². The Kier molecular flexibility index (Phi) is 3.71. The first-order chi connectivity index (χ1) is 8.99. The second kappa shape index (κ2) is 5.13. The van der Waals surface area contributed by atoms with Crippen molar-refractivity contribution in [1.82, 2.24) is 9.55 Å². The van der Waals surface area contributed by atoms with E-state index in [1.54, 1.807) is 7.05 Å². The maximum absolute atomic E-state index is 11.8. The lowest BCUT2D eigenvalue weighted by Crippen LogP contribution is -2.36. The van der Waals surface area contributed by atoms with Crippen LogP contribution in [0.3, 0.4) is 0 Å². The van der Waals surface area contributed by atoms with E-state index in [2.05, 4.69) is 10.3 Å². The highest BCUT2D eigenvalue weighted by molar-refractivity contribution is 5.58. The van der Waals surface area contributed by atoms with Crippen molar-refractivity contribution in [1.29, 1.82) is 0 Å². The molecule has 0 saturated carbocycles. The molecule has 1 aromatic rings. The van der Waals surface area contributed by atoms with Gasteiger partial charge in [0.1, 0.15) is 18.3 Å². The van der Waals surface area contributed by atoms with Crippen LogP contribution in [0.5, 0.6) is 0 Å². The molecule has 2 rings (SSSR count). The van der Waals surface area contributed by atoms with Gasteiger partial charge < -0.3 is 31.1 Å². The van der Waals surface area contributed by atoms with E-state index in [1.807, 2.05) is 0 Å². The summed E-state index contributed by atoms with van der Waals surface area (Å²) in [5.74, 6) is 0.216. The number of nitrogens with one attached hydrogen (secondary N) is 1. The van der Waals surface area contributed by atoms with E-state index in [0.717, 1.165) is 4.57 Å². The molecule has 1 fully saturated rings. The molecule has 1 aliphatic heterocycles. The van der Waals surface area contributed by atoms with Crippen molar-refractivity contribution in [3.63, 3.8) is 0 Å². The smallest absolute Gasteiger partial charge is 0.351 e. The molecule has 19 heavy (non-hydrogen) atoms. The van der Waals surface area contributed by atoms with Gasteiger partial charge in [0.25, 0.3) is 0 Å². The second-order valence-corrected chi connectivity index (χ2v) is 4.21. The lowest BCUT2D eigenvalue weighted by atomic mass is 10.1. The number of rotatable bonds is 3. The van der Waals surface area contributed by atoms with Gasteiger partial charge in [0.15, 0.2) is 12.0 Å². The highest BCUT2D eigenvalue weighted by Crippen LogP contribution is 2.28. The van der Waals surface area contributed by atoms with Crippen molar-refractivity contribution >= 4 is 11.5 Å². The van der Waals surface area contributed by atoms with Gasteiger partial charge in [-0.25, -0.2) is 4.79 Å². The molecule has 0 amide bonds. The SMILES string of the molecule is CNc1nc(=O)n([C@@H]2O[C@H](CO)[C@@H](O)[C@H]2O)cc1N. The van der Waals surface area contributed by atoms with Crippen molar-refractivity contribution in [2.45, 2.75) is 24.5 Å². The highest BCUT2D eigenvalue weighted by Gasteiger charge is 2.43. The Morgan fingerprint density at radius 2 is 2.21 bits per heavy atom. The van der Waals surface area contributed by atoms with E-state index >= 15 is 0 Å². The van der Waals surface area contributed by atoms with Crippen molar-refractivity contribution in [3.8, 4) is 0 Å². The summed E-state index contributed by atoms with van der Waals surface area (Å²) in [7, 11) is 1.56. The van der Waals surface area contributed by atoms with Crippen LogP contribution >= 0.6 is 0 Å². The number of aliphatic hydroxyl groups excluding tert-OH is 3. The summed E-state index contributed by atoms with van der Waals surface area (Å²) in [5.41, 5.74) is 5.19. The number of nitrogen functional groups attached to an aromatic ring is 1. The van der Waals surface area contributed by atoms with Crippen molar-refractivity contribution in [2.24, 2.45) is 0 Å². The van der Waals surface area contributed by atoms with Crippen molar-refractivity contribution in [2.75, 3.05) is 24.7 Å². The lowest BCUT2D eigenvalue weighted by Gasteiger charge is -2.18. The third-order valence-electron chi connectivity index (χ3n) is 3.01. The number of nitrogens with two attached hydrogens (primary N) is 1. The Labute approximate surface area is 108 Å². The fraction of sp³-hybridized carbons (Fsp3) is 0.600. The number of ether oxygens (including phenoxy) is 1. The summed E-state index contributed by atoms with van der Waals surface area (Å²) >= 11 is 0. The van der Waals surface area contributed by atoms with E-state index in [-0.39, 0.29) is 11.5 Å². The fourth-order valence-corrected chi connectivity index (χ4v) is 1.98. The molecule has 6 N–H and O–H groups in total. The Bertz CT molecular complexity index is 519. The Morgan fingerprint density at radius 3 is 2.74 bits per heavy atom. The average Bonchev–Trinajstić information content (AvgIpc) is 2.68. The van der Waals surface area contributed by atoms with Crippen molar-refractivity contribution < 1.29 is 20.1 Å². The molecule has 0 aromatic carbocycles. The van der Waals surface area contributed by atoms with Crippen LogP contribution in [0.15, 0.2) is 11.0 Å². The van der Waals surface area contributed by atoms with Crippen LogP contribution in [-0.2, 0) is 4.74 Å². The van der Waals surface area contributed by atoms with Crippen LogP contribution in [0.4, 0.5) is 11.5 Å². The quantitative estimate of drug-likeness (QED) is 0.405. The minimum atomic E-state index is -1.35. The first-order valence-electron chi connectivity index (χ1n) is 5.68. The number of aliphatic hydroxyl groups is 3. The number of nitrogens with zero attached hydrogens (tertiary/aromatic N) is 2. The molecular weight excluding hydrogens is 256 g/mol. The molecule has 2 heterocycles. The summed E-state index contributed by atoms with van der Waals surface area (Å²) in [6.45, 7) is -0.471. The molecular formula is C10H16N4O5. The minimum Gasteiger partial charge on any atom is -0.395 e. The van der Waals surface area contributed by atoms with Gasteiger partial charge in [-0.15, -0.1) is 0 Å². The molecule has 9 nitrogen and oxygen atoms in total. The van der Waals surface area contributed by atoms with Gasteiger partial charge in [-0.3, -0.25) is 4.57 Å². The molecule has 9 heteroatoms. The first-order valence-corrected chi connectivity index (χ1v) is 5.68.